The minimum atomic E-state index is 0.451. The van der Waals surface area contributed by atoms with Crippen molar-refractivity contribution < 1.29 is 0 Å². The normalized spacial score (nSPS) is 27.1. The quantitative estimate of drug-likeness (QED) is 0.701. The molecule has 2 rings (SSSR count). The molecule has 0 bridgehead atoms. The van der Waals surface area contributed by atoms with Crippen molar-refractivity contribution in [3.63, 3.8) is 0 Å². The van der Waals surface area contributed by atoms with E-state index in [-0.39, 0.29) is 0 Å². The number of nitrogens with one attached hydrogen (secondary N) is 1. The van der Waals surface area contributed by atoms with Gasteiger partial charge < -0.3 is 10.2 Å². The zero-order valence-electron chi connectivity index (χ0n) is 14.1. The number of hydrogen-bond donors (Lipinski definition) is 1. The molecule has 1 saturated carbocycles. The van der Waals surface area contributed by atoms with Crippen LogP contribution in [0.3, 0.4) is 0 Å². The van der Waals surface area contributed by atoms with Gasteiger partial charge in [-0.05, 0) is 58.2 Å². The maximum atomic E-state index is 3.77. The molecule has 1 aliphatic carbocycles. The zero-order valence-corrected chi connectivity index (χ0v) is 14.1. The SMILES string of the molecule is CCCC(C)(CNC1CC1)CN1CCCC1CN(C)C. The highest BCUT2D eigenvalue weighted by Gasteiger charge is 2.33. The fourth-order valence-corrected chi connectivity index (χ4v) is 3.73. The van der Waals surface area contributed by atoms with Crippen LogP contribution in [0.4, 0.5) is 0 Å². The molecular formula is C17H35N3. The standard InChI is InChI=1S/C17H35N3/c1-5-10-17(2,13-18-15-8-9-15)14-20-11-6-7-16(20)12-19(3)4/h15-16,18H,5-14H2,1-4H3. The second kappa shape index (κ2) is 7.24. The van der Waals surface area contributed by atoms with E-state index in [4.69, 9.17) is 0 Å². The molecule has 2 atom stereocenters. The molecule has 20 heavy (non-hydrogen) atoms. The Morgan fingerprint density at radius 3 is 2.60 bits per heavy atom. The van der Waals surface area contributed by atoms with Crippen LogP contribution in [0.25, 0.3) is 0 Å². The van der Waals surface area contributed by atoms with Crippen LogP contribution in [-0.2, 0) is 0 Å². The van der Waals surface area contributed by atoms with E-state index in [1.165, 1.54) is 64.7 Å². The van der Waals surface area contributed by atoms with E-state index < -0.39 is 0 Å². The summed E-state index contributed by atoms with van der Waals surface area (Å²) in [5.74, 6) is 0. The summed E-state index contributed by atoms with van der Waals surface area (Å²) in [6.07, 6.45) is 8.21. The first-order valence-electron chi connectivity index (χ1n) is 8.64. The van der Waals surface area contributed by atoms with Crippen molar-refractivity contribution in [2.24, 2.45) is 5.41 Å². The van der Waals surface area contributed by atoms with Crippen molar-refractivity contribution in [2.75, 3.05) is 40.3 Å². The molecule has 0 aromatic rings. The Hall–Kier alpha value is -0.120. The van der Waals surface area contributed by atoms with Crippen LogP contribution in [0.2, 0.25) is 0 Å². The van der Waals surface area contributed by atoms with Crippen LogP contribution in [0.15, 0.2) is 0 Å². The molecular weight excluding hydrogens is 246 g/mol. The lowest BCUT2D eigenvalue weighted by Crippen LogP contribution is -2.46. The highest BCUT2D eigenvalue weighted by atomic mass is 15.2. The van der Waals surface area contributed by atoms with Gasteiger partial charge in [-0.25, -0.2) is 0 Å². The van der Waals surface area contributed by atoms with Gasteiger partial charge in [0, 0.05) is 31.7 Å². The molecule has 0 spiro atoms. The van der Waals surface area contributed by atoms with Gasteiger partial charge in [-0.15, -0.1) is 0 Å². The highest BCUT2D eigenvalue weighted by molar-refractivity contribution is 4.90. The molecule has 3 nitrogen and oxygen atoms in total. The molecule has 0 aromatic heterocycles. The molecule has 0 amide bonds. The Morgan fingerprint density at radius 1 is 1.25 bits per heavy atom. The smallest absolute Gasteiger partial charge is 0.0223 e. The van der Waals surface area contributed by atoms with Gasteiger partial charge in [0.05, 0.1) is 0 Å². The maximum Gasteiger partial charge on any atom is 0.0223 e. The number of likely N-dealkylation sites (N-methyl/N-ethyl adjacent to an activating group) is 1. The third kappa shape index (κ3) is 5.01. The summed E-state index contributed by atoms with van der Waals surface area (Å²) >= 11 is 0. The third-order valence-electron chi connectivity index (χ3n) is 4.91. The Morgan fingerprint density at radius 2 is 2.00 bits per heavy atom. The summed E-state index contributed by atoms with van der Waals surface area (Å²) in [7, 11) is 4.41. The number of likely N-dealkylation sites (tertiary alicyclic amines) is 1. The van der Waals surface area contributed by atoms with Crippen molar-refractivity contribution in [3.05, 3.63) is 0 Å². The summed E-state index contributed by atoms with van der Waals surface area (Å²) in [5.41, 5.74) is 0.451. The molecule has 2 fully saturated rings. The Balaban J connectivity index is 1.87. The summed E-state index contributed by atoms with van der Waals surface area (Å²) in [6.45, 7) is 9.84. The largest absolute Gasteiger partial charge is 0.313 e. The lowest BCUT2D eigenvalue weighted by molar-refractivity contribution is 0.124. The lowest BCUT2D eigenvalue weighted by Gasteiger charge is -2.37. The predicted octanol–water partition coefficient (Wildman–Crippen LogP) is 2.57. The first-order chi connectivity index (χ1) is 9.52. The van der Waals surface area contributed by atoms with Crippen molar-refractivity contribution in [2.45, 2.75) is 64.5 Å². The van der Waals surface area contributed by atoms with Gasteiger partial charge in [-0.2, -0.15) is 0 Å². The highest BCUT2D eigenvalue weighted by Crippen LogP contribution is 2.30. The van der Waals surface area contributed by atoms with Gasteiger partial charge >= 0.3 is 0 Å². The molecule has 2 unspecified atom stereocenters. The van der Waals surface area contributed by atoms with E-state index in [2.05, 4.69) is 43.1 Å². The van der Waals surface area contributed by atoms with E-state index in [9.17, 15) is 0 Å². The van der Waals surface area contributed by atoms with E-state index in [1.807, 2.05) is 0 Å². The predicted molar refractivity (Wildman–Crippen MR) is 87.2 cm³/mol. The molecule has 1 aliphatic heterocycles. The Bertz CT molecular complexity index is 288. The zero-order chi connectivity index (χ0) is 14.6. The first kappa shape index (κ1) is 16.3. The van der Waals surface area contributed by atoms with Crippen LogP contribution in [-0.4, -0.2) is 62.2 Å². The van der Waals surface area contributed by atoms with Crippen molar-refractivity contribution in [1.82, 2.24) is 15.1 Å². The van der Waals surface area contributed by atoms with Crippen LogP contribution >= 0.6 is 0 Å². The van der Waals surface area contributed by atoms with Gasteiger partial charge in [0.15, 0.2) is 0 Å². The van der Waals surface area contributed by atoms with Crippen LogP contribution in [0.1, 0.15) is 52.4 Å². The number of nitrogens with zero attached hydrogens (tertiary/aromatic N) is 2. The monoisotopic (exact) mass is 281 g/mol. The van der Waals surface area contributed by atoms with Gasteiger partial charge in [-0.1, -0.05) is 20.3 Å². The van der Waals surface area contributed by atoms with E-state index in [0.717, 1.165) is 12.1 Å². The molecule has 1 heterocycles. The molecule has 3 heteroatoms. The molecule has 0 aromatic carbocycles. The maximum absolute atomic E-state index is 3.77. The number of rotatable bonds is 9. The van der Waals surface area contributed by atoms with Gasteiger partial charge in [0.2, 0.25) is 0 Å². The molecule has 1 saturated heterocycles. The minimum Gasteiger partial charge on any atom is -0.313 e. The summed E-state index contributed by atoms with van der Waals surface area (Å²) in [4.78, 5) is 5.12. The summed E-state index contributed by atoms with van der Waals surface area (Å²) < 4.78 is 0. The second-order valence-corrected chi connectivity index (χ2v) is 7.74. The fraction of sp³-hybridized carbons (Fsp3) is 1.00. The minimum absolute atomic E-state index is 0.451. The van der Waals surface area contributed by atoms with E-state index in [0.29, 0.717) is 5.41 Å². The Labute approximate surface area is 126 Å². The summed E-state index contributed by atoms with van der Waals surface area (Å²) in [6, 6.07) is 1.62. The third-order valence-corrected chi connectivity index (χ3v) is 4.91. The molecule has 1 N–H and O–H groups in total. The van der Waals surface area contributed by atoms with Gasteiger partial charge in [-0.3, -0.25) is 4.90 Å². The fourth-order valence-electron chi connectivity index (χ4n) is 3.73. The number of hydrogen-bond acceptors (Lipinski definition) is 3. The van der Waals surface area contributed by atoms with Crippen LogP contribution in [0.5, 0.6) is 0 Å². The van der Waals surface area contributed by atoms with Crippen molar-refractivity contribution >= 4 is 0 Å². The van der Waals surface area contributed by atoms with Crippen molar-refractivity contribution in [3.8, 4) is 0 Å². The van der Waals surface area contributed by atoms with Crippen molar-refractivity contribution in [1.29, 1.82) is 0 Å². The second-order valence-electron chi connectivity index (χ2n) is 7.74. The van der Waals surface area contributed by atoms with E-state index >= 15 is 0 Å². The lowest BCUT2D eigenvalue weighted by atomic mass is 9.84. The van der Waals surface area contributed by atoms with Crippen LogP contribution < -0.4 is 5.32 Å². The first-order valence-corrected chi connectivity index (χ1v) is 8.64. The average Bonchev–Trinajstić information content (AvgIpc) is 3.11. The van der Waals surface area contributed by atoms with Gasteiger partial charge in [0.25, 0.3) is 0 Å². The van der Waals surface area contributed by atoms with Crippen LogP contribution in [0, 0.1) is 5.41 Å². The van der Waals surface area contributed by atoms with E-state index in [1.54, 1.807) is 0 Å². The molecule has 2 aliphatic rings. The van der Waals surface area contributed by atoms with Gasteiger partial charge in [0.1, 0.15) is 0 Å². The summed E-state index contributed by atoms with van der Waals surface area (Å²) in [5, 5.41) is 3.77. The average molecular weight is 281 g/mol. The molecule has 0 radical (unpaired) electrons. The Kier molecular flexibility index (Phi) is 5.88. The topological polar surface area (TPSA) is 18.5 Å². The molecule has 118 valence electrons.